The molecule has 0 unspecified atom stereocenters. The third-order valence-electron chi connectivity index (χ3n) is 1.87. The standard InChI is InChI=1S/C11H13FO3/c1-7(2)15-6-9-4-3-8(11(13)14)5-10(9)12/h3-5,7H,6H2,1-2H3,(H,13,14). The fraction of sp³-hybridized carbons (Fsp3) is 0.364. The number of carboxylic acids is 1. The topological polar surface area (TPSA) is 46.5 Å². The van der Waals surface area contributed by atoms with Crippen molar-refractivity contribution in [3.8, 4) is 0 Å². The molecule has 1 N–H and O–H groups in total. The molecule has 0 bridgehead atoms. The summed E-state index contributed by atoms with van der Waals surface area (Å²) in [5.41, 5.74) is 0.314. The van der Waals surface area contributed by atoms with Crippen molar-refractivity contribution in [2.24, 2.45) is 0 Å². The molecule has 15 heavy (non-hydrogen) atoms. The van der Waals surface area contributed by atoms with Gasteiger partial charge in [-0.3, -0.25) is 0 Å². The van der Waals surface area contributed by atoms with E-state index in [0.29, 0.717) is 5.56 Å². The van der Waals surface area contributed by atoms with Crippen LogP contribution >= 0.6 is 0 Å². The number of aromatic carboxylic acids is 1. The van der Waals surface area contributed by atoms with Gasteiger partial charge in [-0.2, -0.15) is 0 Å². The lowest BCUT2D eigenvalue weighted by atomic mass is 10.1. The van der Waals surface area contributed by atoms with Gasteiger partial charge in [-0.25, -0.2) is 9.18 Å². The molecular weight excluding hydrogens is 199 g/mol. The molecule has 0 aliphatic heterocycles. The summed E-state index contributed by atoms with van der Waals surface area (Å²) in [5, 5.41) is 8.62. The van der Waals surface area contributed by atoms with E-state index in [4.69, 9.17) is 9.84 Å². The van der Waals surface area contributed by atoms with Gasteiger partial charge >= 0.3 is 5.97 Å². The first-order chi connectivity index (χ1) is 7.00. The van der Waals surface area contributed by atoms with Crippen LogP contribution in [0, 0.1) is 5.82 Å². The smallest absolute Gasteiger partial charge is 0.335 e. The van der Waals surface area contributed by atoms with E-state index in [0.717, 1.165) is 6.07 Å². The Morgan fingerprint density at radius 1 is 1.53 bits per heavy atom. The van der Waals surface area contributed by atoms with E-state index in [1.54, 1.807) is 0 Å². The molecule has 0 aliphatic rings. The third-order valence-corrected chi connectivity index (χ3v) is 1.87. The molecule has 0 saturated heterocycles. The van der Waals surface area contributed by atoms with Crippen molar-refractivity contribution in [3.63, 3.8) is 0 Å². The van der Waals surface area contributed by atoms with E-state index in [1.807, 2.05) is 13.8 Å². The molecule has 0 heterocycles. The average molecular weight is 212 g/mol. The molecule has 0 saturated carbocycles. The van der Waals surface area contributed by atoms with E-state index in [1.165, 1.54) is 12.1 Å². The fourth-order valence-corrected chi connectivity index (χ4v) is 1.05. The van der Waals surface area contributed by atoms with Crippen molar-refractivity contribution < 1.29 is 19.0 Å². The maximum atomic E-state index is 13.3. The zero-order valence-corrected chi connectivity index (χ0v) is 8.66. The molecule has 0 spiro atoms. The second kappa shape index (κ2) is 4.89. The van der Waals surface area contributed by atoms with Crippen LogP contribution in [0.25, 0.3) is 0 Å². The summed E-state index contributed by atoms with van der Waals surface area (Å²) in [5.74, 6) is -1.68. The predicted octanol–water partition coefficient (Wildman–Crippen LogP) is 2.45. The molecular formula is C11H13FO3. The second-order valence-corrected chi connectivity index (χ2v) is 3.47. The van der Waals surface area contributed by atoms with Gasteiger partial charge in [0.25, 0.3) is 0 Å². The number of rotatable bonds is 4. The maximum absolute atomic E-state index is 13.3. The largest absolute Gasteiger partial charge is 0.478 e. The second-order valence-electron chi connectivity index (χ2n) is 3.47. The summed E-state index contributed by atoms with van der Waals surface area (Å²) in [6, 6.07) is 3.80. The van der Waals surface area contributed by atoms with E-state index in [9.17, 15) is 9.18 Å². The van der Waals surface area contributed by atoms with Crippen LogP contribution in [0.1, 0.15) is 29.8 Å². The summed E-state index contributed by atoms with van der Waals surface area (Å²) in [6.45, 7) is 3.86. The fourth-order valence-electron chi connectivity index (χ4n) is 1.05. The predicted molar refractivity (Wildman–Crippen MR) is 53.3 cm³/mol. The van der Waals surface area contributed by atoms with Crippen LogP contribution in [0.15, 0.2) is 18.2 Å². The zero-order valence-electron chi connectivity index (χ0n) is 8.66. The summed E-state index contributed by atoms with van der Waals surface area (Å²) < 4.78 is 18.5. The number of hydrogen-bond donors (Lipinski definition) is 1. The first-order valence-electron chi connectivity index (χ1n) is 4.64. The highest BCUT2D eigenvalue weighted by Crippen LogP contribution is 2.12. The minimum atomic E-state index is -1.13. The first-order valence-corrected chi connectivity index (χ1v) is 4.64. The Bertz CT molecular complexity index is 361. The monoisotopic (exact) mass is 212 g/mol. The van der Waals surface area contributed by atoms with Gasteiger partial charge in [-0.1, -0.05) is 6.07 Å². The lowest BCUT2D eigenvalue weighted by Crippen LogP contribution is -2.05. The summed E-state index contributed by atoms with van der Waals surface area (Å²) in [6.07, 6.45) is 0.0172. The van der Waals surface area contributed by atoms with E-state index in [-0.39, 0.29) is 18.3 Å². The normalized spacial score (nSPS) is 10.7. The molecule has 4 heteroatoms. The van der Waals surface area contributed by atoms with Gasteiger partial charge in [0.1, 0.15) is 5.82 Å². The molecule has 82 valence electrons. The van der Waals surface area contributed by atoms with Gasteiger partial charge in [0.15, 0.2) is 0 Å². The summed E-state index contributed by atoms with van der Waals surface area (Å²) in [7, 11) is 0. The van der Waals surface area contributed by atoms with Crippen molar-refractivity contribution >= 4 is 5.97 Å². The molecule has 1 aromatic carbocycles. The minimum absolute atomic E-state index is 0.0172. The Kier molecular flexibility index (Phi) is 3.80. The van der Waals surface area contributed by atoms with Crippen LogP contribution in [-0.4, -0.2) is 17.2 Å². The first kappa shape index (κ1) is 11.7. The van der Waals surface area contributed by atoms with Gasteiger partial charge in [0, 0.05) is 5.56 Å². The number of halogens is 1. The van der Waals surface area contributed by atoms with Gasteiger partial charge < -0.3 is 9.84 Å². The SMILES string of the molecule is CC(C)OCc1ccc(C(=O)O)cc1F. The minimum Gasteiger partial charge on any atom is -0.478 e. The number of benzene rings is 1. The Balaban J connectivity index is 2.79. The molecule has 0 amide bonds. The molecule has 0 fully saturated rings. The molecule has 0 atom stereocenters. The Morgan fingerprint density at radius 2 is 2.20 bits per heavy atom. The number of carbonyl (C=O) groups is 1. The quantitative estimate of drug-likeness (QED) is 0.833. The van der Waals surface area contributed by atoms with Crippen molar-refractivity contribution in [2.45, 2.75) is 26.6 Å². The molecule has 0 aromatic heterocycles. The summed E-state index contributed by atoms with van der Waals surface area (Å²) >= 11 is 0. The number of ether oxygens (including phenoxy) is 1. The molecule has 1 rings (SSSR count). The molecule has 0 radical (unpaired) electrons. The Hall–Kier alpha value is -1.42. The number of carboxylic acid groups (broad SMARTS) is 1. The highest BCUT2D eigenvalue weighted by Gasteiger charge is 2.08. The average Bonchev–Trinajstić information content (AvgIpc) is 2.15. The van der Waals surface area contributed by atoms with Crippen LogP contribution in [0.4, 0.5) is 4.39 Å². The molecule has 0 aliphatic carbocycles. The van der Waals surface area contributed by atoms with Crippen molar-refractivity contribution in [2.75, 3.05) is 0 Å². The van der Waals surface area contributed by atoms with E-state index in [2.05, 4.69) is 0 Å². The van der Waals surface area contributed by atoms with Crippen LogP contribution in [0.2, 0.25) is 0 Å². The Morgan fingerprint density at radius 3 is 2.67 bits per heavy atom. The third kappa shape index (κ3) is 3.32. The van der Waals surface area contributed by atoms with E-state index >= 15 is 0 Å². The lowest BCUT2D eigenvalue weighted by molar-refractivity contribution is 0.0635. The van der Waals surface area contributed by atoms with Crippen molar-refractivity contribution in [3.05, 3.63) is 35.1 Å². The lowest BCUT2D eigenvalue weighted by Gasteiger charge is -2.08. The van der Waals surface area contributed by atoms with Crippen LogP contribution in [0.3, 0.4) is 0 Å². The highest BCUT2D eigenvalue weighted by atomic mass is 19.1. The van der Waals surface area contributed by atoms with E-state index < -0.39 is 11.8 Å². The summed E-state index contributed by atoms with van der Waals surface area (Å²) in [4.78, 5) is 10.5. The maximum Gasteiger partial charge on any atom is 0.335 e. The zero-order chi connectivity index (χ0) is 11.4. The highest BCUT2D eigenvalue weighted by molar-refractivity contribution is 5.87. The van der Waals surface area contributed by atoms with Crippen LogP contribution in [-0.2, 0) is 11.3 Å². The van der Waals surface area contributed by atoms with Crippen LogP contribution in [0.5, 0.6) is 0 Å². The van der Waals surface area contributed by atoms with Crippen LogP contribution < -0.4 is 0 Å². The number of hydrogen-bond acceptors (Lipinski definition) is 2. The molecule has 3 nitrogen and oxygen atoms in total. The molecule has 1 aromatic rings. The van der Waals surface area contributed by atoms with Crippen molar-refractivity contribution in [1.82, 2.24) is 0 Å². The van der Waals surface area contributed by atoms with Gasteiger partial charge in [-0.15, -0.1) is 0 Å². The van der Waals surface area contributed by atoms with Gasteiger partial charge in [0.2, 0.25) is 0 Å². The van der Waals surface area contributed by atoms with Gasteiger partial charge in [-0.05, 0) is 26.0 Å². The van der Waals surface area contributed by atoms with Gasteiger partial charge in [0.05, 0.1) is 18.3 Å². The van der Waals surface area contributed by atoms with Crippen molar-refractivity contribution in [1.29, 1.82) is 0 Å². The Labute approximate surface area is 87.5 Å².